The van der Waals surface area contributed by atoms with Crippen molar-refractivity contribution in [1.82, 2.24) is 15.4 Å². The number of guanidine groups is 1. The summed E-state index contributed by atoms with van der Waals surface area (Å²) in [5.74, 6) is -3.15. The molecule has 2 aromatic rings. The number of rotatable bonds is 10. The van der Waals surface area contributed by atoms with Gasteiger partial charge in [-0.3, -0.25) is 19.7 Å². The van der Waals surface area contributed by atoms with Crippen LogP contribution >= 0.6 is 11.6 Å². The van der Waals surface area contributed by atoms with Gasteiger partial charge in [-0.25, -0.2) is 18.1 Å². The van der Waals surface area contributed by atoms with E-state index in [1.807, 2.05) is 0 Å². The van der Waals surface area contributed by atoms with Crippen molar-refractivity contribution in [1.29, 1.82) is 0 Å². The molecule has 2 rings (SSSR count). The Balaban J connectivity index is 1.87. The van der Waals surface area contributed by atoms with Gasteiger partial charge in [-0.05, 0) is 42.0 Å². The third kappa shape index (κ3) is 8.78. The average Bonchev–Trinajstić information content (AvgIpc) is 2.77. The summed E-state index contributed by atoms with van der Waals surface area (Å²) in [6.07, 6.45) is 0. The number of halogens is 1. The second-order valence-electron chi connectivity index (χ2n) is 6.92. The van der Waals surface area contributed by atoms with E-state index >= 15 is 0 Å². The fraction of sp³-hybridized carbons (Fsp3) is 0.200. The van der Waals surface area contributed by atoms with Gasteiger partial charge in [0.15, 0.2) is 5.96 Å². The van der Waals surface area contributed by atoms with Crippen LogP contribution in [0.4, 0.5) is 5.69 Å². The summed E-state index contributed by atoms with van der Waals surface area (Å²) in [7, 11) is -4.00. The van der Waals surface area contributed by atoms with Crippen LogP contribution in [0.25, 0.3) is 0 Å². The first-order valence-electron chi connectivity index (χ1n) is 9.66. The fourth-order valence-electron chi connectivity index (χ4n) is 2.60. The predicted molar refractivity (Wildman–Crippen MR) is 125 cm³/mol. The van der Waals surface area contributed by atoms with Crippen LogP contribution in [-0.4, -0.2) is 56.4 Å². The van der Waals surface area contributed by atoms with Gasteiger partial charge in [0.1, 0.15) is 6.04 Å². The minimum Gasteiger partial charge on any atom is -0.394 e. The largest absolute Gasteiger partial charge is 0.394 e. The number of hydrogen-bond donors (Lipinski definition) is 6. The number of benzene rings is 2. The number of imide groups is 1. The van der Waals surface area contributed by atoms with Gasteiger partial charge >= 0.3 is 0 Å². The van der Waals surface area contributed by atoms with Crippen molar-refractivity contribution in [2.24, 2.45) is 16.5 Å². The quantitative estimate of drug-likeness (QED) is 0.174. The number of hydrogen-bond acceptors (Lipinski definition) is 7. The van der Waals surface area contributed by atoms with E-state index in [1.54, 1.807) is 0 Å². The Labute approximate surface area is 200 Å². The maximum atomic E-state index is 12.3. The first-order chi connectivity index (χ1) is 16.0. The molecule has 12 nitrogen and oxygen atoms in total. The van der Waals surface area contributed by atoms with E-state index in [2.05, 4.69) is 20.3 Å². The number of carbonyl (C=O) groups excluding carboxylic acids is 3. The molecule has 0 heterocycles. The van der Waals surface area contributed by atoms with Crippen molar-refractivity contribution in [2.45, 2.75) is 11.8 Å². The van der Waals surface area contributed by atoms with E-state index in [0.717, 1.165) is 0 Å². The molecule has 0 aliphatic rings. The van der Waals surface area contributed by atoms with Crippen molar-refractivity contribution >= 4 is 51.0 Å². The summed E-state index contributed by atoms with van der Waals surface area (Å²) in [6.45, 7) is -1.49. The van der Waals surface area contributed by atoms with E-state index < -0.39 is 52.7 Å². The van der Waals surface area contributed by atoms with Crippen molar-refractivity contribution in [2.75, 3.05) is 13.2 Å². The number of aliphatic hydroxyl groups is 1. The topological polar surface area (TPSA) is 206 Å². The van der Waals surface area contributed by atoms with E-state index in [0.29, 0.717) is 16.3 Å². The Morgan fingerprint density at radius 1 is 1.03 bits per heavy atom. The second-order valence-corrected chi connectivity index (χ2v) is 9.11. The summed E-state index contributed by atoms with van der Waals surface area (Å²) >= 11 is 5.76. The number of amides is 3. The van der Waals surface area contributed by atoms with E-state index in [4.69, 9.17) is 23.1 Å². The lowest BCUT2D eigenvalue weighted by atomic mass is 10.2. The smallest absolute Gasteiger partial charge is 0.257 e. The van der Waals surface area contributed by atoms with Crippen LogP contribution in [0, 0.1) is 0 Å². The number of sulfonamides is 1. The molecule has 0 saturated heterocycles. The lowest BCUT2D eigenvalue weighted by Gasteiger charge is -2.16. The zero-order chi connectivity index (χ0) is 25.3. The maximum Gasteiger partial charge on any atom is 0.257 e. The van der Waals surface area contributed by atoms with E-state index in [1.165, 1.54) is 48.5 Å². The summed E-state index contributed by atoms with van der Waals surface area (Å²) in [5.41, 5.74) is 11.5. The zero-order valence-electron chi connectivity index (χ0n) is 17.7. The Kier molecular flexibility index (Phi) is 9.50. The monoisotopic (exact) mass is 510 g/mol. The molecule has 3 amide bonds. The van der Waals surface area contributed by atoms with Crippen molar-refractivity contribution in [3.05, 3.63) is 64.7 Å². The second kappa shape index (κ2) is 12.1. The molecule has 0 spiro atoms. The number of nitrogens with one attached hydrogen (secondary N) is 3. The molecule has 1 atom stereocenters. The van der Waals surface area contributed by atoms with Crippen LogP contribution in [0.2, 0.25) is 5.02 Å². The van der Waals surface area contributed by atoms with Crippen molar-refractivity contribution in [3.8, 4) is 0 Å². The van der Waals surface area contributed by atoms with Gasteiger partial charge in [0.2, 0.25) is 21.8 Å². The van der Waals surface area contributed by atoms with Crippen LogP contribution in [0.1, 0.15) is 15.9 Å². The molecule has 0 fully saturated rings. The highest BCUT2D eigenvalue weighted by Gasteiger charge is 2.24. The summed E-state index contributed by atoms with van der Waals surface area (Å²) in [6, 6.07) is 10.2. The summed E-state index contributed by atoms with van der Waals surface area (Å²) in [5, 5.41) is 14.1. The highest BCUT2D eigenvalue weighted by atomic mass is 35.5. The van der Waals surface area contributed by atoms with Gasteiger partial charge in [0.05, 0.1) is 24.6 Å². The molecule has 0 aromatic heterocycles. The van der Waals surface area contributed by atoms with Crippen LogP contribution in [0.3, 0.4) is 0 Å². The minimum atomic E-state index is -4.00. The van der Waals surface area contributed by atoms with Crippen molar-refractivity contribution < 1.29 is 27.9 Å². The standard InChI is InChI=1S/C20H23ClN6O6S/c21-14-5-1-12(2-6-14)11-34(32,33)27-16(10-28)19(31)24-9-17(29)26-18(30)13-3-7-15(8-4-13)25-20(22)23/h1-8,16,27-28H,9-11H2,(H,24,31)(H4,22,23,25)(H,26,29,30)/t16-/m1/s1. The highest BCUT2D eigenvalue weighted by molar-refractivity contribution is 7.88. The third-order valence-corrected chi connectivity index (χ3v) is 5.76. The lowest BCUT2D eigenvalue weighted by molar-refractivity contribution is -0.127. The molecular formula is C20H23ClN6O6S. The molecule has 182 valence electrons. The average molecular weight is 511 g/mol. The first kappa shape index (κ1) is 26.7. The van der Waals surface area contributed by atoms with Gasteiger partial charge in [0, 0.05) is 10.6 Å². The Bertz CT molecular complexity index is 1170. The molecule has 8 N–H and O–H groups in total. The van der Waals surface area contributed by atoms with Gasteiger partial charge in [-0.15, -0.1) is 0 Å². The molecule has 0 radical (unpaired) electrons. The third-order valence-electron chi connectivity index (χ3n) is 4.15. The molecule has 0 aliphatic heterocycles. The highest BCUT2D eigenvalue weighted by Crippen LogP contribution is 2.13. The maximum absolute atomic E-state index is 12.3. The van der Waals surface area contributed by atoms with Gasteiger partial charge in [-0.1, -0.05) is 23.7 Å². The normalized spacial score (nSPS) is 11.8. The molecule has 34 heavy (non-hydrogen) atoms. The number of aliphatic imine (C=N–C) groups is 1. The van der Waals surface area contributed by atoms with Crippen molar-refractivity contribution in [3.63, 3.8) is 0 Å². The van der Waals surface area contributed by atoms with Gasteiger partial charge < -0.3 is 21.9 Å². The molecule has 0 saturated carbocycles. The van der Waals surface area contributed by atoms with E-state index in [9.17, 15) is 27.9 Å². The Hall–Kier alpha value is -3.52. The lowest BCUT2D eigenvalue weighted by Crippen LogP contribution is -2.51. The zero-order valence-corrected chi connectivity index (χ0v) is 19.3. The van der Waals surface area contributed by atoms with Crippen LogP contribution in [0.5, 0.6) is 0 Å². The van der Waals surface area contributed by atoms with Crippen LogP contribution < -0.4 is 26.8 Å². The molecule has 14 heteroatoms. The SMILES string of the molecule is NC(N)=Nc1ccc(C(=O)NC(=O)CNC(=O)[C@@H](CO)NS(=O)(=O)Cc2ccc(Cl)cc2)cc1. The molecule has 0 bridgehead atoms. The van der Waals surface area contributed by atoms with Gasteiger partial charge in [-0.2, -0.15) is 0 Å². The van der Waals surface area contributed by atoms with E-state index in [-0.39, 0.29) is 11.5 Å². The molecule has 2 aromatic carbocycles. The summed E-state index contributed by atoms with van der Waals surface area (Å²) in [4.78, 5) is 40.2. The number of carbonyl (C=O) groups is 3. The first-order valence-corrected chi connectivity index (χ1v) is 11.7. The number of nitrogens with two attached hydrogens (primary N) is 2. The fourth-order valence-corrected chi connectivity index (χ4v) is 4.06. The Morgan fingerprint density at radius 2 is 1.65 bits per heavy atom. The predicted octanol–water partition coefficient (Wildman–Crippen LogP) is -0.902. The minimum absolute atomic E-state index is 0.136. The molecule has 0 aliphatic carbocycles. The van der Waals surface area contributed by atoms with Crippen LogP contribution in [-0.2, 0) is 25.4 Å². The van der Waals surface area contributed by atoms with Crippen LogP contribution in [0.15, 0.2) is 53.5 Å². The molecular weight excluding hydrogens is 488 g/mol. The van der Waals surface area contributed by atoms with Gasteiger partial charge in [0.25, 0.3) is 5.91 Å². The Morgan fingerprint density at radius 3 is 2.21 bits per heavy atom. The summed E-state index contributed by atoms with van der Waals surface area (Å²) < 4.78 is 26.7. The number of aliphatic hydroxyl groups excluding tert-OH is 1. The molecule has 0 unspecified atom stereocenters. The number of nitrogens with zero attached hydrogens (tertiary/aromatic N) is 1.